The average Bonchev–Trinajstić information content (AvgIpc) is 2.74. The van der Waals surface area contributed by atoms with Crippen molar-refractivity contribution >= 4 is 27.7 Å². The quantitative estimate of drug-likeness (QED) is 0.651. The molecule has 0 amide bonds. The van der Waals surface area contributed by atoms with Crippen molar-refractivity contribution in [2.45, 2.75) is 19.3 Å². The number of hydrogen-bond donors (Lipinski definition) is 1. The van der Waals surface area contributed by atoms with Crippen molar-refractivity contribution in [2.75, 3.05) is 0 Å². The number of para-hydroxylation sites is 1. The van der Waals surface area contributed by atoms with E-state index in [9.17, 15) is 4.79 Å². The molecule has 0 radical (unpaired) electrons. The Morgan fingerprint density at radius 1 is 1.17 bits per heavy atom. The lowest BCUT2D eigenvalue weighted by atomic mass is 9.94. The molecule has 4 rings (SSSR count). The van der Waals surface area contributed by atoms with Crippen LogP contribution in [0.25, 0.3) is 21.9 Å². The van der Waals surface area contributed by atoms with Gasteiger partial charge in [0.1, 0.15) is 5.65 Å². The third-order valence-corrected chi connectivity index (χ3v) is 3.67. The Bertz CT molecular complexity index is 786. The molecule has 3 nitrogen and oxygen atoms in total. The summed E-state index contributed by atoms with van der Waals surface area (Å²) in [6.45, 7) is 0. The molecular formula is C15H12N2O. The number of fused-ring (bicyclic) bond motifs is 4. The van der Waals surface area contributed by atoms with E-state index < -0.39 is 0 Å². The van der Waals surface area contributed by atoms with Crippen LogP contribution >= 0.6 is 0 Å². The lowest BCUT2D eigenvalue weighted by Gasteiger charge is -2.09. The Hall–Kier alpha value is -2.16. The van der Waals surface area contributed by atoms with E-state index in [1.165, 1.54) is 0 Å². The summed E-state index contributed by atoms with van der Waals surface area (Å²) < 4.78 is 0. The maximum atomic E-state index is 12.0. The van der Waals surface area contributed by atoms with Gasteiger partial charge in [-0.25, -0.2) is 4.98 Å². The van der Waals surface area contributed by atoms with E-state index in [-0.39, 0.29) is 5.78 Å². The van der Waals surface area contributed by atoms with Crippen LogP contribution in [0.4, 0.5) is 0 Å². The molecule has 0 saturated carbocycles. The molecule has 1 aromatic carbocycles. The Morgan fingerprint density at radius 2 is 2.06 bits per heavy atom. The van der Waals surface area contributed by atoms with Gasteiger partial charge in [0.15, 0.2) is 5.78 Å². The molecule has 18 heavy (non-hydrogen) atoms. The topological polar surface area (TPSA) is 45.8 Å². The Labute approximate surface area is 104 Å². The van der Waals surface area contributed by atoms with E-state index in [2.05, 4.69) is 16.0 Å². The van der Waals surface area contributed by atoms with Crippen molar-refractivity contribution in [3.8, 4) is 0 Å². The second kappa shape index (κ2) is 3.42. The van der Waals surface area contributed by atoms with Gasteiger partial charge >= 0.3 is 0 Å². The number of pyridine rings is 1. The number of benzene rings is 1. The zero-order chi connectivity index (χ0) is 12.1. The van der Waals surface area contributed by atoms with Crippen molar-refractivity contribution in [3.05, 3.63) is 41.6 Å². The molecule has 0 fully saturated rings. The summed E-state index contributed by atoms with van der Waals surface area (Å²) in [7, 11) is 0. The van der Waals surface area contributed by atoms with E-state index in [0.29, 0.717) is 6.42 Å². The minimum atomic E-state index is 0.250. The summed E-state index contributed by atoms with van der Waals surface area (Å²) in [5.74, 6) is 0.250. The standard InChI is InChI=1S/C15H12N2O/c18-13-7-3-6-12-14(13)10-8-9-4-1-2-5-11(9)16-15(10)17-12/h1-2,4-5,8H,3,6-7H2,(H,16,17). The van der Waals surface area contributed by atoms with Crippen LogP contribution in [0.3, 0.4) is 0 Å². The van der Waals surface area contributed by atoms with Gasteiger partial charge in [0.05, 0.1) is 5.52 Å². The van der Waals surface area contributed by atoms with Crippen molar-refractivity contribution in [1.29, 1.82) is 0 Å². The zero-order valence-corrected chi connectivity index (χ0v) is 9.86. The number of nitrogens with zero attached hydrogens (tertiary/aromatic N) is 1. The number of rotatable bonds is 0. The molecule has 0 spiro atoms. The summed E-state index contributed by atoms with van der Waals surface area (Å²) in [4.78, 5) is 20.0. The SMILES string of the molecule is O=C1CCCc2[nH]c3nc4ccccc4cc3c21. The van der Waals surface area contributed by atoms with Crippen LogP contribution in [0.15, 0.2) is 30.3 Å². The summed E-state index contributed by atoms with van der Waals surface area (Å²) in [6.07, 6.45) is 2.55. The monoisotopic (exact) mass is 236 g/mol. The number of ketones is 1. The third-order valence-electron chi connectivity index (χ3n) is 3.67. The van der Waals surface area contributed by atoms with E-state index in [4.69, 9.17) is 0 Å². The second-order valence-corrected chi connectivity index (χ2v) is 4.83. The molecule has 0 aliphatic heterocycles. The molecule has 0 atom stereocenters. The van der Waals surface area contributed by atoms with Gasteiger partial charge in [-0.05, 0) is 25.0 Å². The molecule has 88 valence electrons. The third kappa shape index (κ3) is 1.24. The van der Waals surface area contributed by atoms with Gasteiger partial charge in [0.25, 0.3) is 0 Å². The van der Waals surface area contributed by atoms with E-state index in [1.54, 1.807) is 0 Å². The number of nitrogens with one attached hydrogen (secondary N) is 1. The largest absolute Gasteiger partial charge is 0.343 e. The van der Waals surface area contributed by atoms with Crippen molar-refractivity contribution in [2.24, 2.45) is 0 Å². The number of carbonyl (C=O) groups is 1. The minimum absolute atomic E-state index is 0.250. The smallest absolute Gasteiger partial charge is 0.165 e. The van der Waals surface area contributed by atoms with Gasteiger partial charge < -0.3 is 4.98 Å². The van der Waals surface area contributed by atoms with Crippen molar-refractivity contribution < 1.29 is 4.79 Å². The highest BCUT2D eigenvalue weighted by molar-refractivity contribution is 6.11. The fourth-order valence-corrected chi connectivity index (χ4v) is 2.83. The number of hydrogen-bond acceptors (Lipinski definition) is 2. The predicted octanol–water partition coefficient (Wildman–Crippen LogP) is 3.24. The van der Waals surface area contributed by atoms with Crippen LogP contribution in [0.1, 0.15) is 28.9 Å². The van der Waals surface area contributed by atoms with Gasteiger partial charge in [-0.15, -0.1) is 0 Å². The first-order chi connectivity index (χ1) is 8.83. The lowest BCUT2D eigenvalue weighted by molar-refractivity contribution is 0.0974. The van der Waals surface area contributed by atoms with Crippen molar-refractivity contribution in [1.82, 2.24) is 9.97 Å². The highest BCUT2D eigenvalue weighted by Crippen LogP contribution is 2.30. The average molecular weight is 236 g/mol. The molecule has 1 aliphatic carbocycles. The first-order valence-corrected chi connectivity index (χ1v) is 6.26. The first-order valence-electron chi connectivity index (χ1n) is 6.26. The van der Waals surface area contributed by atoms with Crippen LogP contribution in [0, 0.1) is 0 Å². The van der Waals surface area contributed by atoms with Crippen LogP contribution in [0.5, 0.6) is 0 Å². The summed E-state index contributed by atoms with van der Waals surface area (Å²) in [6, 6.07) is 10.1. The number of carbonyl (C=O) groups excluding carboxylic acids is 1. The number of aromatic nitrogens is 2. The van der Waals surface area contributed by atoms with Crippen LogP contribution in [-0.4, -0.2) is 15.8 Å². The molecule has 2 aromatic heterocycles. The van der Waals surface area contributed by atoms with Gasteiger partial charge in [-0.3, -0.25) is 4.79 Å². The van der Waals surface area contributed by atoms with Gasteiger partial charge in [-0.1, -0.05) is 18.2 Å². The van der Waals surface area contributed by atoms with E-state index in [0.717, 1.165) is 46.0 Å². The molecule has 3 heteroatoms. The zero-order valence-electron chi connectivity index (χ0n) is 9.86. The summed E-state index contributed by atoms with van der Waals surface area (Å²) >= 11 is 0. The molecule has 1 aliphatic rings. The van der Waals surface area contributed by atoms with Crippen LogP contribution in [-0.2, 0) is 6.42 Å². The maximum absolute atomic E-state index is 12.0. The highest BCUT2D eigenvalue weighted by atomic mass is 16.1. The van der Waals surface area contributed by atoms with Gasteiger partial charge in [0.2, 0.25) is 0 Å². The van der Waals surface area contributed by atoms with E-state index in [1.807, 2.05) is 24.3 Å². The van der Waals surface area contributed by atoms with Gasteiger partial charge in [-0.2, -0.15) is 0 Å². The molecule has 0 unspecified atom stereocenters. The first kappa shape index (κ1) is 9.83. The lowest BCUT2D eigenvalue weighted by Crippen LogP contribution is -2.08. The fourth-order valence-electron chi connectivity index (χ4n) is 2.83. The number of aromatic amines is 1. The van der Waals surface area contributed by atoms with Crippen LogP contribution < -0.4 is 0 Å². The highest BCUT2D eigenvalue weighted by Gasteiger charge is 2.22. The normalized spacial score (nSPS) is 15.2. The number of aryl methyl sites for hydroxylation is 1. The number of H-pyrrole nitrogens is 1. The molecule has 3 aromatic rings. The summed E-state index contributed by atoms with van der Waals surface area (Å²) in [5.41, 5.74) is 3.74. The van der Waals surface area contributed by atoms with Gasteiger partial charge in [0, 0.05) is 28.5 Å². The molecule has 2 heterocycles. The minimum Gasteiger partial charge on any atom is -0.343 e. The van der Waals surface area contributed by atoms with E-state index >= 15 is 0 Å². The Balaban J connectivity index is 2.14. The Morgan fingerprint density at radius 3 is 3.00 bits per heavy atom. The second-order valence-electron chi connectivity index (χ2n) is 4.83. The molecule has 0 bridgehead atoms. The molecule has 1 N–H and O–H groups in total. The summed E-state index contributed by atoms with van der Waals surface area (Å²) in [5, 5.41) is 2.07. The van der Waals surface area contributed by atoms with Crippen LogP contribution in [0.2, 0.25) is 0 Å². The molecular weight excluding hydrogens is 224 g/mol. The Kier molecular flexibility index (Phi) is 1.87. The fraction of sp³-hybridized carbons (Fsp3) is 0.200. The van der Waals surface area contributed by atoms with Crippen molar-refractivity contribution in [3.63, 3.8) is 0 Å². The number of Topliss-reactive ketones (excluding diaryl/α,β-unsaturated/α-hetero) is 1. The predicted molar refractivity (Wildman–Crippen MR) is 70.9 cm³/mol. The maximum Gasteiger partial charge on any atom is 0.165 e. The molecule has 0 saturated heterocycles.